The minimum absolute atomic E-state index is 0.622. The molecule has 20 heavy (non-hydrogen) atoms. The summed E-state index contributed by atoms with van der Waals surface area (Å²) in [6.45, 7) is 4.90. The van der Waals surface area contributed by atoms with Crippen molar-refractivity contribution in [3.63, 3.8) is 0 Å². The van der Waals surface area contributed by atoms with Gasteiger partial charge in [0.1, 0.15) is 6.61 Å². The van der Waals surface area contributed by atoms with Crippen LogP contribution in [0.1, 0.15) is 12.5 Å². The number of rotatable bonds is 8. The van der Waals surface area contributed by atoms with Crippen LogP contribution in [0.4, 0.5) is 0 Å². The van der Waals surface area contributed by atoms with Crippen LogP contribution in [0.5, 0.6) is 11.5 Å². The maximum absolute atomic E-state index is 5.74. The predicted octanol–water partition coefficient (Wildman–Crippen LogP) is 3.25. The highest BCUT2D eigenvalue weighted by atomic mass is 16.5. The van der Waals surface area contributed by atoms with Crippen molar-refractivity contribution in [1.29, 1.82) is 0 Å². The van der Waals surface area contributed by atoms with E-state index in [1.54, 1.807) is 0 Å². The van der Waals surface area contributed by atoms with Gasteiger partial charge in [-0.1, -0.05) is 42.5 Å². The van der Waals surface area contributed by atoms with E-state index >= 15 is 0 Å². The van der Waals surface area contributed by atoms with Crippen LogP contribution in [0.15, 0.2) is 54.6 Å². The zero-order valence-electron chi connectivity index (χ0n) is 11.8. The Kier molecular flexibility index (Phi) is 5.93. The SMILES string of the molecule is CCOc1ccccc1OCCNCc1ccccc1. The number of hydrogen-bond donors (Lipinski definition) is 1. The van der Waals surface area contributed by atoms with Gasteiger partial charge in [-0.2, -0.15) is 0 Å². The summed E-state index contributed by atoms with van der Waals surface area (Å²) in [5.41, 5.74) is 1.28. The van der Waals surface area contributed by atoms with Crippen LogP contribution in [-0.2, 0) is 6.54 Å². The van der Waals surface area contributed by atoms with Gasteiger partial charge in [-0.25, -0.2) is 0 Å². The van der Waals surface area contributed by atoms with Crippen molar-refractivity contribution >= 4 is 0 Å². The van der Waals surface area contributed by atoms with Crippen LogP contribution in [-0.4, -0.2) is 19.8 Å². The Morgan fingerprint density at radius 1 is 0.850 bits per heavy atom. The Hall–Kier alpha value is -2.00. The van der Waals surface area contributed by atoms with Gasteiger partial charge in [-0.15, -0.1) is 0 Å². The highest BCUT2D eigenvalue weighted by Crippen LogP contribution is 2.25. The van der Waals surface area contributed by atoms with E-state index in [0.29, 0.717) is 13.2 Å². The maximum atomic E-state index is 5.74. The van der Waals surface area contributed by atoms with Gasteiger partial charge in [0.15, 0.2) is 11.5 Å². The first kappa shape index (κ1) is 14.4. The normalized spacial score (nSPS) is 10.2. The average molecular weight is 271 g/mol. The molecule has 0 atom stereocenters. The second-order valence-electron chi connectivity index (χ2n) is 4.39. The zero-order valence-corrected chi connectivity index (χ0v) is 11.8. The fraction of sp³-hybridized carbons (Fsp3) is 0.294. The number of benzene rings is 2. The highest BCUT2D eigenvalue weighted by molar-refractivity contribution is 5.39. The van der Waals surface area contributed by atoms with Crippen LogP contribution < -0.4 is 14.8 Å². The number of nitrogens with one attached hydrogen (secondary N) is 1. The third-order valence-electron chi connectivity index (χ3n) is 2.86. The van der Waals surface area contributed by atoms with Gasteiger partial charge in [0.25, 0.3) is 0 Å². The smallest absolute Gasteiger partial charge is 0.161 e. The quantitative estimate of drug-likeness (QED) is 0.748. The second-order valence-corrected chi connectivity index (χ2v) is 4.39. The monoisotopic (exact) mass is 271 g/mol. The Morgan fingerprint density at radius 2 is 1.50 bits per heavy atom. The van der Waals surface area contributed by atoms with Crippen LogP contribution in [0.2, 0.25) is 0 Å². The first-order valence-electron chi connectivity index (χ1n) is 6.99. The largest absolute Gasteiger partial charge is 0.490 e. The summed E-state index contributed by atoms with van der Waals surface area (Å²) in [7, 11) is 0. The Balaban J connectivity index is 1.71. The molecule has 2 aromatic carbocycles. The van der Waals surface area contributed by atoms with Crippen LogP contribution in [0, 0.1) is 0 Å². The zero-order chi connectivity index (χ0) is 14.0. The summed E-state index contributed by atoms with van der Waals surface area (Å²) in [5, 5.41) is 3.36. The van der Waals surface area contributed by atoms with Gasteiger partial charge in [0.05, 0.1) is 6.61 Å². The third-order valence-corrected chi connectivity index (χ3v) is 2.86. The van der Waals surface area contributed by atoms with Crippen LogP contribution in [0.3, 0.4) is 0 Å². The van der Waals surface area contributed by atoms with Gasteiger partial charge in [-0.3, -0.25) is 0 Å². The van der Waals surface area contributed by atoms with Crippen molar-refractivity contribution in [2.45, 2.75) is 13.5 Å². The highest BCUT2D eigenvalue weighted by Gasteiger charge is 2.02. The first-order chi connectivity index (χ1) is 9.90. The average Bonchev–Trinajstić information content (AvgIpc) is 2.50. The number of ether oxygens (including phenoxy) is 2. The summed E-state index contributed by atoms with van der Waals surface area (Å²) in [6.07, 6.45) is 0. The molecule has 0 amide bonds. The van der Waals surface area contributed by atoms with Gasteiger partial charge in [-0.05, 0) is 24.6 Å². The molecular formula is C17H21NO2. The summed E-state index contributed by atoms with van der Waals surface area (Å²) in [5.74, 6) is 1.61. The lowest BCUT2D eigenvalue weighted by molar-refractivity contribution is 0.275. The Labute approximate surface area is 120 Å². The molecule has 0 aliphatic heterocycles. The molecule has 0 saturated carbocycles. The molecule has 0 heterocycles. The molecule has 0 aliphatic rings. The maximum Gasteiger partial charge on any atom is 0.161 e. The van der Waals surface area contributed by atoms with E-state index in [4.69, 9.17) is 9.47 Å². The van der Waals surface area contributed by atoms with E-state index in [-0.39, 0.29) is 0 Å². The molecule has 0 spiro atoms. The lowest BCUT2D eigenvalue weighted by atomic mass is 10.2. The summed E-state index contributed by atoms with van der Waals surface area (Å²) < 4.78 is 11.3. The number of hydrogen-bond acceptors (Lipinski definition) is 3. The van der Waals surface area contributed by atoms with Crippen LogP contribution in [0.25, 0.3) is 0 Å². The molecule has 3 nitrogen and oxygen atoms in total. The molecule has 0 unspecified atom stereocenters. The summed E-state index contributed by atoms with van der Waals surface area (Å²) in [4.78, 5) is 0. The molecule has 1 N–H and O–H groups in total. The molecule has 0 aromatic heterocycles. The van der Waals surface area contributed by atoms with Crippen molar-refractivity contribution in [1.82, 2.24) is 5.32 Å². The molecule has 0 radical (unpaired) electrons. The summed E-state index contributed by atoms with van der Waals surface area (Å²) in [6, 6.07) is 18.1. The molecular weight excluding hydrogens is 250 g/mol. The molecule has 3 heteroatoms. The van der Waals surface area contributed by atoms with Crippen molar-refractivity contribution in [2.75, 3.05) is 19.8 Å². The molecule has 106 valence electrons. The van der Waals surface area contributed by atoms with Gasteiger partial charge >= 0.3 is 0 Å². The lowest BCUT2D eigenvalue weighted by Gasteiger charge is -2.12. The molecule has 2 aromatic rings. The molecule has 0 saturated heterocycles. The van der Waals surface area contributed by atoms with E-state index in [2.05, 4.69) is 17.4 Å². The van der Waals surface area contributed by atoms with Gasteiger partial charge < -0.3 is 14.8 Å². The van der Waals surface area contributed by atoms with E-state index < -0.39 is 0 Å². The summed E-state index contributed by atoms with van der Waals surface area (Å²) >= 11 is 0. The Bertz CT molecular complexity index is 499. The molecule has 0 aliphatic carbocycles. The van der Waals surface area contributed by atoms with Crippen molar-refractivity contribution < 1.29 is 9.47 Å². The standard InChI is InChI=1S/C17H21NO2/c1-2-19-16-10-6-7-11-17(16)20-13-12-18-14-15-8-4-3-5-9-15/h3-11,18H,2,12-14H2,1H3. The Morgan fingerprint density at radius 3 is 2.20 bits per heavy atom. The van der Waals surface area contributed by atoms with Crippen molar-refractivity contribution in [3.8, 4) is 11.5 Å². The lowest BCUT2D eigenvalue weighted by Crippen LogP contribution is -2.20. The minimum atomic E-state index is 0.622. The van der Waals surface area contributed by atoms with Crippen molar-refractivity contribution in [2.24, 2.45) is 0 Å². The van der Waals surface area contributed by atoms with Crippen LogP contribution >= 0.6 is 0 Å². The van der Waals surface area contributed by atoms with E-state index in [9.17, 15) is 0 Å². The fourth-order valence-electron chi connectivity index (χ4n) is 1.91. The predicted molar refractivity (Wildman–Crippen MR) is 81.3 cm³/mol. The molecule has 0 bridgehead atoms. The third kappa shape index (κ3) is 4.59. The van der Waals surface area contributed by atoms with E-state index in [0.717, 1.165) is 24.6 Å². The van der Waals surface area contributed by atoms with Gasteiger partial charge in [0, 0.05) is 13.1 Å². The second kappa shape index (κ2) is 8.23. The fourth-order valence-corrected chi connectivity index (χ4v) is 1.91. The van der Waals surface area contributed by atoms with Gasteiger partial charge in [0.2, 0.25) is 0 Å². The topological polar surface area (TPSA) is 30.5 Å². The molecule has 2 rings (SSSR count). The van der Waals surface area contributed by atoms with E-state index in [1.807, 2.05) is 49.4 Å². The minimum Gasteiger partial charge on any atom is -0.490 e. The molecule has 0 fully saturated rings. The first-order valence-corrected chi connectivity index (χ1v) is 6.99. The number of para-hydroxylation sites is 2. The van der Waals surface area contributed by atoms with E-state index in [1.165, 1.54) is 5.56 Å². The van der Waals surface area contributed by atoms with Crippen molar-refractivity contribution in [3.05, 3.63) is 60.2 Å².